The van der Waals surface area contributed by atoms with Crippen LogP contribution >= 0.6 is 0 Å². The van der Waals surface area contributed by atoms with Gasteiger partial charge < -0.3 is 15.2 Å². The fourth-order valence-corrected chi connectivity index (χ4v) is 3.01. The minimum absolute atomic E-state index is 0.680. The summed E-state index contributed by atoms with van der Waals surface area (Å²) in [5.41, 5.74) is 8.82. The lowest BCUT2D eigenvalue weighted by molar-refractivity contribution is 0.195. The van der Waals surface area contributed by atoms with Crippen molar-refractivity contribution >= 4 is 5.69 Å². The smallest absolute Gasteiger partial charge is 0.0951 e. The summed E-state index contributed by atoms with van der Waals surface area (Å²) in [6.45, 7) is 3.36. The standard InChI is InChI=1S/C15H21N5/c1-19-6-2-3-12(9-19)10-20-11-18-8-15(20)13-7-17-5-4-14(13)16/h4-5,7-8,11-12H,2-3,6,9-10H2,1H3,(H2,16,17). The Kier molecular flexibility index (Phi) is 3.69. The lowest BCUT2D eigenvalue weighted by Crippen LogP contribution is -2.34. The minimum Gasteiger partial charge on any atom is -0.398 e. The van der Waals surface area contributed by atoms with Crippen LogP contribution in [0.1, 0.15) is 12.8 Å². The number of nitrogen functional groups attached to an aromatic ring is 1. The van der Waals surface area contributed by atoms with Gasteiger partial charge in [-0.2, -0.15) is 0 Å². The molecule has 0 amide bonds. The topological polar surface area (TPSA) is 60.0 Å². The number of rotatable bonds is 3. The van der Waals surface area contributed by atoms with Crippen LogP contribution in [-0.4, -0.2) is 39.6 Å². The molecule has 0 spiro atoms. The van der Waals surface area contributed by atoms with E-state index in [-0.39, 0.29) is 0 Å². The Balaban J connectivity index is 1.82. The van der Waals surface area contributed by atoms with Crippen LogP contribution in [0.5, 0.6) is 0 Å². The maximum Gasteiger partial charge on any atom is 0.0951 e. The fourth-order valence-electron chi connectivity index (χ4n) is 3.01. The second kappa shape index (κ2) is 5.63. The molecule has 0 aliphatic carbocycles. The molecule has 1 aliphatic heterocycles. The van der Waals surface area contributed by atoms with E-state index >= 15 is 0 Å². The molecule has 106 valence electrons. The summed E-state index contributed by atoms with van der Waals surface area (Å²) in [6, 6.07) is 1.83. The third-order valence-electron chi connectivity index (χ3n) is 4.02. The first kappa shape index (κ1) is 13.1. The number of pyridine rings is 1. The molecule has 0 saturated carbocycles. The minimum atomic E-state index is 0.680. The number of hydrogen-bond donors (Lipinski definition) is 1. The second-order valence-corrected chi connectivity index (χ2v) is 5.66. The molecular formula is C15H21N5. The van der Waals surface area contributed by atoms with Gasteiger partial charge in [0.15, 0.2) is 0 Å². The van der Waals surface area contributed by atoms with E-state index in [9.17, 15) is 0 Å². The molecule has 20 heavy (non-hydrogen) atoms. The zero-order valence-electron chi connectivity index (χ0n) is 11.9. The van der Waals surface area contributed by atoms with Crippen LogP contribution < -0.4 is 5.73 Å². The van der Waals surface area contributed by atoms with Crippen LogP contribution in [0.2, 0.25) is 0 Å². The van der Waals surface area contributed by atoms with Gasteiger partial charge in [0.05, 0.1) is 18.2 Å². The van der Waals surface area contributed by atoms with E-state index in [4.69, 9.17) is 5.73 Å². The molecule has 1 atom stereocenters. The molecule has 2 aromatic heterocycles. The molecule has 2 aromatic rings. The van der Waals surface area contributed by atoms with Crippen LogP contribution in [-0.2, 0) is 6.54 Å². The van der Waals surface area contributed by atoms with Crippen molar-refractivity contribution in [3.8, 4) is 11.3 Å². The van der Waals surface area contributed by atoms with Crippen LogP contribution in [0.3, 0.4) is 0 Å². The van der Waals surface area contributed by atoms with Gasteiger partial charge in [-0.1, -0.05) is 0 Å². The first-order valence-corrected chi connectivity index (χ1v) is 7.12. The van der Waals surface area contributed by atoms with Crippen molar-refractivity contribution < 1.29 is 0 Å². The van der Waals surface area contributed by atoms with Gasteiger partial charge in [0.25, 0.3) is 0 Å². The number of hydrogen-bond acceptors (Lipinski definition) is 4. The van der Waals surface area contributed by atoms with Gasteiger partial charge in [-0.15, -0.1) is 0 Å². The first-order chi connectivity index (χ1) is 9.74. The summed E-state index contributed by atoms with van der Waals surface area (Å²) in [5, 5.41) is 0. The molecule has 5 nitrogen and oxygen atoms in total. The summed E-state index contributed by atoms with van der Waals surface area (Å²) in [5.74, 6) is 0.680. The first-order valence-electron chi connectivity index (χ1n) is 7.12. The van der Waals surface area contributed by atoms with E-state index in [0.29, 0.717) is 5.92 Å². The van der Waals surface area contributed by atoms with Crippen molar-refractivity contribution in [1.29, 1.82) is 0 Å². The number of piperidine rings is 1. The number of nitrogens with two attached hydrogens (primary N) is 1. The van der Waals surface area contributed by atoms with E-state index in [1.54, 1.807) is 6.20 Å². The highest BCUT2D eigenvalue weighted by Gasteiger charge is 2.19. The van der Waals surface area contributed by atoms with Gasteiger partial charge in [-0.3, -0.25) is 4.98 Å². The predicted molar refractivity (Wildman–Crippen MR) is 80.1 cm³/mol. The largest absolute Gasteiger partial charge is 0.398 e. The number of imidazole rings is 1. The van der Waals surface area contributed by atoms with Crippen molar-refractivity contribution in [2.45, 2.75) is 19.4 Å². The van der Waals surface area contributed by atoms with Crippen molar-refractivity contribution in [2.24, 2.45) is 5.92 Å². The molecule has 2 N–H and O–H groups in total. The van der Waals surface area contributed by atoms with E-state index in [1.807, 2.05) is 24.8 Å². The predicted octanol–water partition coefficient (Wildman–Crippen LogP) is 1.87. The van der Waals surface area contributed by atoms with E-state index < -0.39 is 0 Å². The number of likely N-dealkylation sites (tertiary alicyclic amines) is 1. The third kappa shape index (κ3) is 2.67. The van der Waals surface area contributed by atoms with Gasteiger partial charge in [-0.25, -0.2) is 4.98 Å². The van der Waals surface area contributed by atoms with E-state index in [1.165, 1.54) is 19.4 Å². The molecule has 1 saturated heterocycles. The van der Waals surface area contributed by atoms with Gasteiger partial charge in [-0.05, 0) is 38.4 Å². The Morgan fingerprint density at radius 3 is 3.05 bits per heavy atom. The quantitative estimate of drug-likeness (QED) is 0.926. The SMILES string of the molecule is CN1CCCC(Cn2cncc2-c2cnccc2N)C1. The van der Waals surface area contributed by atoms with E-state index in [2.05, 4.69) is 26.5 Å². The molecule has 0 bridgehead atoms. The lowest BCUT2D eigenvalue weighted by Gasteiger charge is -2.30. The highest BCUT2D eigenvalue weighted by atomic mass is 15.1. The third-order valence-corrected chi connectivity index (χ3v) is 4.02. The number of aromatic nitrogens is 3. The Labute approximate surface area is 119 Å². The lowest BCUT2D eigenvalue weighted by atomic mass is 9.98. The number of nitrogens with zero attached hydrogens (tertiary/aromatic N) is 4. The summed E-state index contributed by atoms with van der Waals surface area (Å²) >= 11 is 0. The highest BCUT2D eigenvalue weighted by Crippen LogP contribution is 2.26. The van der Waals surface area contributed by atoms with Gasteiger partial charge in [0.1, 0.15) is 0 Å². The molecular weight excluding hydrogens is 250 g/mol. The van der Waals surface area contributed by atoms with E-state index in [0.717, 1.165) is 30.0 Å². The van der Waals surface area contributed by atoms with Crippen molar-refractivity contribution in [3.63, 3.8) is 0 Å². The maximum absolute atomic E-state index is 6.05. The molecule has 0 aromatic carbocycles. The van der Waals surface area contributed by atoms with Crippen LogP contribution in [0.15, 0.2) is 31.0 Å². The van der Waals surface area contributed by atoms with Crippen LogP contribution in [0.25, 0.3) is 11.3 Å². The highest BCUT2D eigenvalue weighted by molar-refractivity contribution is 5.72. The zero-order chi connectivity index (χ0) is 13.9. The Morgan fingerprint density at radius 1 is 1.35 bits per heavy atom. The molecule has 1 fully saturated rings. The van der Waals surface area contributed by atoms with Gasteiger partial charge in [0, 0.05) is 36.7 Å². The summed E-state index contributed by atoms with van der Waals surface area (Å²) in [4.78, 5) is 10.9. The zero-order valence-corrected chi connectivity index (χ0v) is 11.9. The normalized spacial score (nSPS) is 20.1. The van der Waals surface area contributed by atoms with Gasteiger partial charge in [0.2, 0.25) is 0 Å². The summed E-state index contributed by atoms with van der Waals surface area (Å²) < 4.78 is 2.21. The van der Waals surface area contributed by atoms with Crippen molar-refractivity contribution in [3.05, 3.63) is 31.0 Å². The molecule has 5 heteroatoms. The maximum atomic E-state index is 6.05. The average Bonchev–Trinajstić information content (AvgIpc) is 2.87. The van der Waals surface area contributed by atoms with Crippen molar-refractivity contribution in [2.75, 3.05) is 25.9 Å². The van der Waals surface area contributed by atoms with Crippen molar-refractivity contribution in [1.82, 2.24) is 19.4 Å². The molecule has 3 rings (SSSR count). The Hall–Kier alpha value is -1.88. The molecule has 1 unspecified atom stereocenters. The van der Waals surface area contributed by atoms with Gasteiger partial charge >= 0.3 is 0 Å². The average molecular weight is 271 g/mol. The Bertz CT molecular complexity index is 577. The second-order valence-electron chi connectivity index (χ2n) is 5.66. The van der Waals surface area contributed by atoms with Crippen LogP contribution in [0, 0.1) is 5.92 Å². The Morgan fingerprint density at radius 2 is 2.25 bits per heavy atom. The summed E-state index contributed by atoms with van der Waals surface area (Å²) in [6.07, 6.45) is 9.87. The number of anilines is 1. The monoisotopic (exact) mass is 271 g/mol. The summed E-state index contributed by atoms with van der Waals surface area (Å²) in [7, 11) is 2.19. The molecule has 1 aliphatic rings. The molecule has 3 heterocycles. The molecule has 0 radical (unpaired) electrons. The fraction of sp³-hybridized carbons (Fsp3) is 0.467. The van der Waals surface area contributed by atoms with Crippen LogP contribution in [0.4, 0.5) is 5.69 Å².